The van der Waals surface area contributed by atoms with Crippen LogP contribution in [0, 0.1) is 11.2 Å². The van der Waals surface area contributed by atoms with Crippen LogP contribution in [0.4, 0.5) is 4.39 Å². The first-order chi connectivity index (χ1) is 9.02. The van der Waals surface area contributed by atoms with Crippen molar-refractivity contribution in [3.05, 3.63) is 28.0 Å². The van der Waals surface area contributed by atoms with Gasteiger partial charge in [-0.15, -0.1) is 0 Å². The zero-order chi connectivity index (χ0) is 15.3. The van der Waals surface area contributed by atoms with Gasteiger partial charge in [0.2, 0.25) is 10.0 Å². The molecule has 1 aromatic rings. The molecule has 1 unspecified atom stereocenters. The molecule has 1 amide bonds. The molecule has 0 heterocycles. The quantitative estimate of drug-likeness (QED) is 0.856. The van der Waals surface area contributed by atoms with E-state index in [4.69, 9.17) is 5.14 Å². The zero-order valence-electron chi connectivity index (χ0n) is 10.9. The largest absolute Gasteiger partial charge is 0.349 e. The Kier molecular flexibility index (Phi) is 3.68. The predicted octanol–water partition coefficient (Wildman–Crippen LogP) is 1.76. The smallest absolute Gasteiger partial charge is 0.252 e. The lowest BCUT2D eigenvalue weighted by atomic mass is 10.1. The van der Waals surface area contributed by atoms with Crippen LogP contribution < -0.4 is 10.5 Å². The van der Waals surface area contributed by atoms with E-state index in [2.05, 4.69) is 21.2 Å². The summed E-state index contributed by atoms with van der Waals surface area (Å²) in [6.07, 6.45) is 0.827. The summed E-state index contributed by atoms with van der Waals surface area (Å²) in [5.74, 6) is -1.37. The number of carbonyl (C=O) groups is 1. The molecule has 1 aliphatic rings. The normalized spacial score (nSPS) is 20.6. The molecule has 0 radical (unpaired) electrons. The van der Waals surface area contributed by atoms with E-state index in [0.717, 1.165) is 18.6 Å². The minimum Gasteiger partial charge on any atom is -0.349 e. The topological polar surface area (TPSA) is 89.3 Å². The molecule has 0 aliphatic heterocycles. The first kappa shape index (κ1) is 15.4. The number of hydrogen-bond acceptors (Lipinski definition) is 3. The Morgan fingerprint density at radius 1 is 1.50 bits per heavy atom. The summed E-state index contributed by atoms with van der Waals surface area (Å²) >= 11 is 3.00. The fraction of sp³-hybridized carbons (Fsp3) is 0.417. The number of nitrogens with one attached hydrogen (secondary N) is 1. The summed E-state index contributed by atoms with van der Waals surface area (Å²) in [7, 11) is -4.11. The van der Waals surface area contributed by atoms with Gasteiger partial charge in [-0.2, -0.15) is 0 Å². The monoisotopic (exact) mass is 364 g/mol. The molecule has 0 saturated heterocycles. The number of carbonyl (C=O) groups excluding carboxylic acids is 1. The molecule has 8 heteroatoms. The molecule has 0 spiro atoms. The van der Waals surface area contributed by atoms with E-state index in [9.17, 15) is 17.6 Å². The molecule has 20 heavy (non-hydrogen) atoms. The van der Waals surface area contributed by atoms with Crippen LogP contribution in [-0.2, 0) is 10.0 Å². The summed E-state index contributed by atoms with van der Waals surface area (Å²) in [5, 5.41) is 7.73. The van der Waals surface area contributed by atoms with Crippen molar-refractivity contribution in [1.29, 1.82) is 0 Å². The zero-order valence-corrected chi connectivity index (χ0v) is 13.3. The highest BCUT2D eigenvalue weighted by Gasteiger charge is 2.46. The fourth-order valence-corrected chi connectivity index (χ4v) is 3.61. The van der Waals surface area contributed by atoms with Crippen molar-refractivity contribution in [2.45, 2.75) is 31.2 Å². The van der Waals surface area contributed by atoms with Crippen LogP contribution in [0.25, 0.3) is 0 Å². The number of nitrogens with two attached hydrogens (primary N) is 1. The minimum atomic E-state index is -4.11. The Bertz CT molecular complexity index is 688. The summed E-state index contributed by atoms with van der Waals surface area (Å²) in [4.78, 5) is 11.6. The van der Waals surface area contributed by atoms with E-state index >= 15 is 0 Å². The maximum absolute atomic E-state index is 13.5. The van der Waals surface area contributed by atoms with Crippen LogP contribution in [0.15, 0.2) is 21.5 Å². The fourth-order valence-electron chi connectivity index (χ4n) is 1.89. The van der Waals surface area contributed by atoms with Crippen LogP contribution in [0.5, 0.6) is 0 Å². The second-order valence-electron chi connectivity index (χ2n) is 5.53. The van der Waals surface area contributed by atoms with Gasteiger partial charge in [0.15, 0.2) is 0 Å². The van der Waals surface area contributed by atoms with Gasteiger partial charge < -0.3 is 5.32 Å². The SMILES string of the molecule is CC1(C)CC1NC(=O)c1cc(F)cc(S(N)(=O)=O)c1Br. The minimum absolute atomic E-state index is 0.00287. The second-order valence-corrected chi connectivity index (χ2v) is 7.85. The molecule has 1 aliphatic carbocycles. The highest BCUT2D eigenvalue weighted by Crippen LogP contribution is 2.44. The molecule has 1 atom stereocenters. The lowest BCUT2D eigenvalue weighted by Crippen LogP contribution is -2.29. The molecule has 0 bridgehead atoms. The van der Waals surface area contributed by atoms with Crippen molar-refractivity contribution < 1.29 is 17.6 Å². The molecule has 1 saturated carbocycles. The molecule has 0 aromatic heterocycles. The summed E-state index contributed by atoms with van der Waals surface area (Å²) in [6.45, 7) is 3.99. The first-order valence-corrected chi connectivity index (χ1v) is 8.19. The third-order valence-corrected chi connectivity index (χ3v) is 5.43. The van der Waals surface area contributed by atoms with Crippen molar-refractivity contribution in [3.8, 4) is 0 Å². The molecule has 5 nitrogen and oxygen atoms in total. The summed E-state index contributed by atoms with van der Waals surface area (Å²) < 4.78 is 36.2. The van der Waals surface area contributed by atoms with Crippen LogP contribution >= 0.6 is 15.9 Å². The predicted molar refractivity (Wildman–Crippen MR) is 75.1 cm³/mol. The van der Waals surface area contributed by atoms with E-state index in [-0.39, 0.29) is 21.5 Å². The van der Waals surface area contributed by atoms with Gasteiger partial charge in [-0.05, 0) is 39.9 Å². The van der Waals surface area contributed by atoms with Gasteiger partial charge in [-0.1, -0.05) is 13.8 Å². The Balaban J connectivity index is 2.37. The van der Waals surface area contributed by atoms with E-state index in [1.54, 1.807) is 0 Å². The lowest BCUT2D eigenvalue weighted by molar-refractivity contribution is 0.0945. The van der Waals surface area contributed by atoms with Crippen LogP contribution in [0.1, 0.15) is 30.6 Å². The summed E-state index contributed by atoms with van der Waals surface area (Å²) in [6, 6.07) is 1.75. The van der Waals surface area contributed by atoms with E-state index < -0.39 is 26.6 Å². The van der Waals surface area contributed by atoms with E-state index in [0.29, 0.717) is 0 Å². The van der Waals surface area contributed by atoms with Gasteiger partial charge in [0.25, 0.3) is 5.91 Å². The van der Waals surface area contributed by atoms with Crippen LogP contribution in [0.2, 0.25) is 0 Å². The van der Waals surface area contributed by atoms with Crippen molar-refractivity contribution in [3.63, 3.8) is 0 Å². The van der Waals surface area contributed by atoms with Crippen molar-refractivity contribution >= 4 is 31.9 Å². The number of rotatable bonds is 3. The number of hydrogen-bond donors (Lipinski definition) is 2. The molecule has 2 rings (SSSR count). The Morgan fingerprint density at radius 3 is 2.50 bits per heavy atom. The van der Waals surface area contributed by atoms with Crippen molar-refractivity contribution in [2.75, 3.05) is 0 Å². The first-order valence-electron chi connectivity index (χ1n) is 5.85. The molecular weight excluding hydrogens is 351 g/mol. The third kappa shape index (κ3) is 3.02. The molecule has 1 aromatic carbocycles. The Morgan fingerprint density at radius 2 is 2.05 bits per heavy atom. The van der Waals surface area contributed by atoms with Gasteiger partial charge in [-0.25, -0.2) is 17.9 Å². The number of benzene rings is 1. The van der Waals surface area contributed by atoms with Gasteiger partial charge in [0, 0.05) is 6.04 Å². The van der Waals surface area contributed by atoms with Gasteiger partial charge in [-0.3, -0.25) is 4.79 Å². The lowest BCUT2D eigenvalue weighted by Gasteiger charge is -2.11. The molecule has 3 N–H and O–H groups in total. The van der Waals surface area contributed by atoms with Crippen LogP contribution in [-0.4, -0.2) is 20.4 Å². The number of sulfonamides is 1. The average molecular weight is 365 g/mol. The van der Waals surface area contributed by atoms with Gasteiger partial charge >= 0.3 is 0 Å². The molecule has 1 fully saturated rings. The Hall–Kier alpha value is -0.990. The standard InChI is InChI=1S/C12H14BrFN2O3S/c1-12(2)5-9(12)16-11(17)7-3-6(14)4-8(10(7)13)20(15,18)19/h3-4,9H,5H2,1-2H3,(H,16,17)(H2,15,18,19). The number of primary sulfonamides is 1. The van der Waals surface area contributed by atoms with Crippen molar-refractivity contribution in [1.82, 2.24) is 5.32 Å². The highest BCUT2D eigenvalue weighted by atomic mass is 79.9. The van der Waals surface area contributed by atoms with Gasteiger partial charge in [0.05, 0.1) is 14.9 Å². The molecule has 110 valence electrons. The number of halogens is 2. The third-order valence-electron chi connectivity index (χ3n) is 3.37. The second kappa shape index (κ2) is 4.78. The maximum atomic E-state index is 13.5. The average Bonchev–Trinajstić information content (AvgIpc) is 2.87. The number of amides is 1. The van der Waals surface area contributed by atoms with Gasteiger partial charge in [0.1, 0.15) is 5.82 Å². The maximum Gasteiger partial charge on any atom is 0.252 e. The molecular formula is C12H14BrFN2O3S. The van der Waals surface area contributed by atoms with Crippen LogP contribution in [0.3, 0.4) is 0 Å². The van der Waals surface area contributed by atoms with E-state index in [1.165, 1.54) is 0 Å². The highest BCUT2D eigenvalue weighted by molar-refractivity contribution is 9.10. The Labute approximate surface area is 124 Å². The van der Waals surface area contributed by atoms with Crippen molar-refractivity contribution in [2.24, 2.45) is 10.6 Å². The van der Waals surface area contributed by atoms with E-state index in [1.807, 2.05) is 13.8 Å². The summed E-state index contributed by atoms with van der Waals surface area (Å²) in [5.41, 5.74) is -0.0742.